The lowest BCUT2D eigenvalue weighted by Crippen LogP contribution is -2.06. The van der Waals surface area contributed by atoms with Crippen molar-refractivity contribution in [2.75, 3.05) is 0 Å². The van der Waals surface area contributed by atoms with E-state index in [-0.39, 0.29) is 5.88 Å². The molecule has 22 heavy (non-hydrogen) atoms. The van der Waals surface area contributed by atoms with Gasteiger partial charge in [-0.2, -0.15) is 13.8 Å². The Morgan fingerprint density at radius 3 is 2.55 bits per heavy atom. The van der Waals surface area contributed by atoms with E-state index in [9.17, 15) is 8.78 Å². The summed E-state index contributed by atoms with van der Waals surface area (Å²) in [4.78, 5) is 13.3. The first kappa shape index (κ1) is 14.6. The summed E-state index contributed by atoms with van der Waals surface area (Å²) in [5.41, 5.74) is 3.68. The van der Waals surface area contributed by atoms with Gasteiger partial charge in [0.1, 0.15) is 11.3 Å². The lowest BCUT2D eigenvalue weighted by molar-refractivity contribution is -0.0526. The number of rotatable bonds is 4. The minimum absolute atomic E-state index is 0.122. The highest BCUT2D eigenvalue weighted by molar-refractivity contribution is 5.77. The first-order chi connectivity index (χ1) is 10.5. The van der Waals surface area contributed by atoms with Crippen LogP contribution in [0.1, 0.15) is 30.6 Å². The van der Waals surface area contributed by atoms with E-state index in [1.807, 2.05) is 18.2 Å². The van der Waals surface area contributed by atoms with E-state index in [4.69, 9.17) is 0 Å². The van der Waals surface area contributed by atoms with Gasteiger partial charge in [0.15, 0.2) is 5.65 Å². The van der Waals surface area contributed by atoms with Crippen molar-refractivity contribution in [3.8, 4) is 5.88 Å². The maximum Gasteiger partial charge on any atom is 0.388 e. The molecule has 3 aromatic rings. The van der Waals surface area contributed by atoms with Crippen LogP contribution in [0.5, 0.6) is 5.88 Å². The van der Waals surface area contributed by atoms with Crippen molar-refractivity contribution in [2.45, 2.75) is 40.2 Å². The maximum absolute atomic E-state index is 12.4. The summed E-state index contributed by atoms with van der Waals surface area (Å²) in [5.74, 6) is 0.732. The Bertz CT molecular complexity index is 845. The molecule has 0 amide bonds. The van der Waals surface area contributed by atoms with Crippen LogP contribution in [0.4, 0.5) is 8.78 Å². The number of alkyl halides is 2. The second kappa shape index (κ2) is 5.47. The molecule has 0 saturated heterocycles. The quantitative estimate of drug-likeness (QED) is 0.741. The van der Waals surface area contributed by atoms with Gasteiger partial charge in [-0.15, -0.1) is 0 Å². The summed E-state index contributed by atoms with van der Waals surface area (Å²) < 4.78 is 31.1. The molecule has 3 rings (SSSR count). The smallest absolute Gasteiger partial charge is 0.388 e. The number of halogens is 2. The van der Waals surface area contributed by atoms with Gasteiger partial charge in [0.05, 0.1) is 16.9 Å². The van der Waals surface area contributed by atoms with Gasteiger partial charge in [-0.3, -0.25) is 4.40 Å². The average Bonchev–Trinajstić information content (AvgIpc) is 2.77. The summed E-state index contributed by atoms with van der Waals surface area (Å²) in [6.07, 6.45) is 1.70. The predicted octanol–water partition coefficient (Wildman–Crippen LogP) is 3.45. The second-order valence-corrected chi connectivity index (χ2v) is 5.12. The number of imidazole rings is 1. The standard InChI is InChI=1S/C15H16F2N4O/c1-4-5-11-19-9(3)13-8(2)18-10-6-7-12(22-15(16)17)20-14(10)21(11)13/h6-7,15H,4-5H2,1-3H3. The van der Waals surface area contributed by atoms with Gasteiger partial charge >= 0.3 is 6.61 Å². The molecule has 0 N–H and O–H groups in total. The van der Waals surface area contributed by atoms with Crippen LogP contribution in [-0.2, 0) is 6.42 Å². The Kier molecular flexibility index (Phi) is 3.64. The number of hydrogen-bond donors (Lipinski definition) is 0. The first-order valence-corrected chi connectivity index (χ1v) is 7.11. The van der Waals surface area contributed by atoms with Crippen LogP contribution in [0.2, 0.25) is 0 Å². The highest BCUT2D eigenvalue weighted by Crippen LogP contribution is 2.24. The first-order valence-electron chi connectivity index (χ1n) is 7.11. The van der Waals surface area contributed by atoms with Gasteiger partial charge in [-0.1, -0.05) is 6.92 Å². The number of pyridine rings is 1. The number of fused-ring (bicyclic) bond motifs is 3. The summed E-state index contributed by atoms with van der Waals surface area (Å²) >= 11 is 0. The molecular formula is C15H16F2N4O. The molecule has 7 heteroatoms. The van der Waals surface area contributed by atoms with Crippen molar-refractivity contribution in [2.24, 2.45) is 0 Å². The van der Waals surface area contributed by atoms with Crippen LogP contribution >= 0.6 is 0 Å². The molecule has 0 saturated carbocycles. The number of aromatic nitrogens is 4. The van der Waals surface area contributed by atoms with Crippen molar-refractivity contribution in [1.82, 2.24) is 19.4 Å². The lowest BCUT2D eigenvalue weighted by atomic mass is 10.3. The Hall–Kier alpha value is -2.31. The number of ether oxygens (including phenoxy) is 1. The zero-order valence-electron chi connectivity index (χ0n) is 12.6. The summed E-state index contributed by atoms with van der Waals surface area (Å²) in [7, 11) is 0. The van der Waals surface area contributed by atoms with Gasteiger partial charge in [-0.05, 0) is 26.3 Å². The number of hydrogen-bond acceptors (Lipinski definition) is 4. The van der Waals surface area contributed by atoms with Gasteiger partial charge in [0.25, 0.3) is 0 Å². The van der Waals surface area contributed by atoms with Crippen LogP contribution in [-0.4, -0.2) is 26.0 Å². The van der Waals surface area contributed by atoms with Gasteiger partial charge in [0.2, 0.25) is 5.88 Å². The Balaban J connectivity index is 2.34. The fourth-order valence-corrected chi connectivity index (χ4v) is 2.70. The highest BCUT2D eigenvalue weighted by Gasteiger charge is 2.16. The van der Waals surface area contributed by atoms with Crippen molar-refractivity contribution in [1.29, 1.82) is 0 Å². The number of aryl methyl sites for hydroxylation is 3. The van der Waals surface area contributed by atoms with Crippen molar-refractivity contribution in [3.63, 3.8) is 0 Å². The molecule has 0 aliphatic heterocycles. The molecule has 0 aliphatic rings. The van der Waals surface area contributed by atoms with E-state index >= 15 is 0 Å². The third kappa shape index (κ3) is 2.36. The van der Waals surface area contributed by atoms with E-state index in [0.717, 1.165) is 35.6 Å². The minimum Gasteiger partial charge on any atom is -0.417 e. The van der Waals surface area contributed by atoms with E-state index in [2.05, 4.69) is 26.6 Å². The predicted molar refractivity (Wildman–Crippen MR) is 78.4 cm³/mol. The zero-order chi connectivity index (χ0) is 15.9. The van der Waals surface area contributed by atoms with Gasteiger partial charge in [0, 0.05) is 12.5 Å². The maximum atomic E-state index is 12.4. The molecule has 0 spiro atoms. The zero-order valence-corrected chi connectivity index (χ0v) is 12.6. The molecule has 0 aliphatic carbocycles. The largest absolute Gasteiger partial charge is 0.417 e. The second-order valence-electron chi connectivity index (χ2n) is 5.12. The minimum atomic E-state index is -2.90. The summed E-state index contributed by atoms with van der Waals surface area (Å²) in [6, 6.07) is 3.04. The molecule has 0 radical (unpaired) electrons. The van der Waals surface area contributed by atoms with Crippen LogP contribution in [0.25, 0.3) is 16.7 Å². The van der Waals surface area contributed by atoms with Crippen LogP contribution in [0.15, 0.2) is 12.1 Å². The fourth-order valence-electron chi connectivity index (χ4n) is 2.70. The third-order valence-electron chi connectivity index (χ3n) is 3.48. The van der Waals surface area contributed by atoms with Gasteiger partial charge < -0.3 is 4.74 Å². The molecule has 3 aromatic heterocycles. The SMILES string of the molecule is CCCc1nc(C)c2c(C)nc3ccc(OC(F)F)nc3n12. The van der Waals surface area contributed by atoms with E-state index < -0.39 is 6.61 Å². The molecule has 0 bridgehead atoms. The van der Waals surface area contributed by atoms with Crippen LogP contribution in [0, 0.1) is 13.8 Å². The molecular weight excluding hydrogens is 290 g/mol. The molecule has 0 atom stereocenters. The van der Waals surface area contributed by atoms with E-state index in [1.54, 1.807) is 6.07 Å². The number of nitrogens with zero attached hydrogens (tertiary/aromatic N) is 4. The average molecular weight is 306 g/mol. The lowest BCUT2D eigenvalue weighted by Gasteiger charge is -2.09. The molecule has 0 aromatic carbocycles. The topological polar surface area (TPSA) is 52.3 Å². The van der Waals surface area contributed by atoms with E-state index in [1.165, 1.54) is 6.07 Å². The van der Waals surface area contributed by atoms with Gasteiger partial charge in [-0.25, -0.2) is 9.97 Å². The van der Waals surface area contributed by atoms with Crippen molar-refractivity contribution in [3.05, 3.63) is 29.3 Å². The van der Waals surface area contributed by atoms with Crippen molar-refractivity contribution >= 4 is 16.7 Å². The summed E-state index contributed by atoms with van der Waals surface area (Å²) in [6.45, 7) is 2.97. The highest BCUT2D eigenvalue weighted by atomic mass is 19.3. The normalized spacial score (nSPS) is 11.7. The Labute approximate surface area is 126 Å². The molecule has 116 valence electrons. The van der Waals surface area contributed by atoms with Crippen LogP contribution < -0.4 is 4.74 Å². The fraction of sp³-hybridized carbons (Fsp3) is 0.400. The molecule has 0 unspecified atom stereocenters. The third-order valence-corrected chi connectivity index (χ3v) is 3.48. The van der Waals surface area contributed by atoms with E-state index in [0.29, 0.717) is 11.2 Å². The Morgan fingerprint density at radius 1 is 1.14 bits per heavy atom. The Morgan fingerprint density at radius 2 is 1.86 bits per heavy atom. The van der Waals surface area contributed by atoms with Crippen molar-refractivity contribution < 1.29 is 13.5 Å². The monoisotopic (exact) mass is 306 g/mol. The molecule has 5 nitrogen and oxygen atoms in total. The molecule has 3 heterocycles. The summed E-state index contributed by atoms with van der Waals surface area (Å²) in [5, 5.41) is 0. The van der Waals surface area contributed by atoms with Crippen LogP contribution in [0.3, 0.4) is 0 Å². The molecule has 0 fully saturated rings.